The van der Waals surface area contributed by atoms with Crippen molar-refractivity contribution in [1.82, 2.24) is 0 Å². The summed E-state index contributed by atoms with van der Waals surface area (Å²) in [6.07, 6.45) is -0.372. The summed E-state index contributed by atoms with van der Waals surface area (Å²) in [5.41, 5.74) is -0.328. The first-order valence-electron chi connectivity index (χ1n) is 5.83. The molecule has 0 radical (unpaired) electrons. The van der Waals surface area contributed by atoms with Gasteiger partial charge in [0.05, 0.1) is 12.7 Å². The zero-order valence-electron chi connectivity index (χ0n) is 10.6. The van der Waals surface area contributed by atoms with E-state index in [1.54, 1.807) is 0 Å². The Balaban J connectivity index is 2.31. The maximum absolute atomic E-state index is 13.9. The molecule has 2 aromatic rings. The van der Waals surface area contributed by atoms with E-state index in [1.807, 2.05) is 0 Å². The van der Waals surface area contributed by atoms with Gasteiger partial charge in [0.2, 0.25) is 0 Å². The van der Waals surface area contributed by atoms with Crippen LogP contribution in [0.5, 0.6) is 5.75 Å². The molecule has 0 saturated carbocycles. The topological polar surface area (TPSA) is 26.3 Å². The van der Waals surface area contributed by atoms with Gasteiger partial charge < -0.3 is 4.74 Å². The lowest BCUT2D eigenvalue weighted by Gasteiger charge is -2.07. The van der Waals surface area contributed by atoms with Gasteiger partial charge in [-0.25, -0.2) is 13.2 Å². The van der Waals surface area contributed by atoms with Gasteiger partial charge in [-0.05, 0) is 23.8 Å². The number of hydrogen-bond acceptors (Lipinski definition) is 2. The van der Waals surface area contributed by atoms with Gasteiger partial charge in [0.1, 0.15) is 0 Å². The number of carbonyl (C=O) groups is 1. The van der Waals surface area contributed by atoms with Crippen molar-refractivity contribution in [1.29, 1.82) is 0 Å². The summed E-state index contributed by atoms with van der Waals surface area (Å²) in [6.45, 7) is 0. The lowest BCUT2D eigenvalue weighted by molar-refractivity contribution is 0.0987. The molecule has 2 nitrogen and oxygen atoms in total. The van der Waals surface area contributed by atoms with Gasteiger partial charge in [0.15, 0.2) is 29.0 Å². The standard InChI is InChI=1S/C15H11F3O2/c1-20-13-7-2-4-9(14(13)17)8-12(19)10-5-3-6-11(16)15(10)18/h2-7H,8H2,1H3. The minimum Gasteiger partial charge on any atom is -0.494 e. The third-order valence-corrected chi connectivity index (χ3v) is 2.87. The van der Waals surface area contributed by atoms with E-state index in [2.05, 4.69) is 0 Å². The summed E-state index contributed by atoms with van der Waals surface area (Å²) in [5, 5.41) is 0. The molecular weight excluding hydrogens is 269 g/mol. The van der Waals surface area contributed by atoms with Crippen molar-refractivity contribution in [3.05, 3.63) is 65.0 Å². The van der Waals surface area contributed by atoms with Crippen molar-refractivity contribution in [2.45, 2.75) is 6.42 Å². The highest BCUT2D eigenvalue weighted by Gasteiger charge is 2.18. The van der Waals surface area contributed by atoms with Gasteiger partial charge in [0.25, 0.3) is 0 Å². The average molecular weight is 280 g/mol. The van der Waals surface area contributed by atoms with Crippen molar-refractivity contribution in [2.24, 2.45) is 0 Å². The molecule has 0 aliphatic heterocycles. The van der Waals surface area contributed by atoms with E-state index in [-0.39, 0.29) is 17.7 Å². The minimum absolute atomic E-state index is 0.00462. The predicted octanol–water partition coefficient (Wildman–Crippen LogP) is 3.54. The molecular formula is C15H11F3O2. The van der Waals surface area contributed by atoms with Gasteiger partial charge in [-0.3, -0.25) is 4.79 Å². The molecule has 0 saturated heterocycles. The first kappa shape index (κ1) is 14.1. The molecule has 0 aliphatic carbocycles. The van der Waals surface area contributed by atoms with Crippen molar-refractivity contribution in [2.75, 3.05) is 7.11 Å². The van der Waals surface area contributed by atoms with Gasteiger partial charge >= 0.3 is 0 Å². The van der Waals surface area contributed by atoms with Crippen molar-refractivity contribution in [3.63, 3.8) is 0 Å². The molecule has 0 aromatic heterocycles. The molecule has 0 atom stereocenters. The highest BCUT2D eigenvalue weighted by Crippen LogP contribution is 2.22. The summed E-state index contributed by atoms with van der Waals surface area (Å²) in [7, 11) is 1.30. The van der Waals surface area contributed by atoms with Crippen molar-refractivity contribution >= 4 is 5.78 Å². The summed E-state index contributed by atoms with van der Waals surface area (Å²) >= 11 is 0. The highest BCUT2D eigenvalue weighted by molar-refractivity contribution is 5.97. The zero-order valence-corrected chi connectivity index (χ0v) is 10.6. The van der Waals surface area contributed by atoms with Crippen molar-refractivity contribution in [3.8, 4) is 5.75 Å². The molecule has 0 N–H and O–H groups in total. The van der Waals surface area contributed by atoms with Crippen LogP contribution in [0.1, 0.15) is 15.9 Å². The zero-order chi connectivity index (χ0) is 14.7. The number of hydrogen-bond donors (Lipinski definition) is 0. The van der Waals surface area contributed by atoms with E-state index in [0.29, 0.717) is 0 Å². The van der Waals surface area contributed by atoms with Crippen LogP contribution in [0.25, 0.3) is 0 Å². The first-order valence-corrected chi connectivity index (χ1v) is 5.83. The Kier molecular flexibility index (Phi) is 4.08. The number of methoxy groups -OCH3 is 1. The second-order valence-corrected chi connectivity index (χ2v) is 4.13. The summed E-state index contributed by atoms with van der Waals surface area (Å²) in [5.74, 6) is -3.72. The van der Waals surface area contributed by atoms with E-state index in [4.69, 9.17) is 4.74 Å². The maximum atomic E-state index is 13.9. The molecule has 5 heteroatoms. The number of rotatable bonds is 4. The monoisotopic (exact) mass is 280 g/mol. The fourth-order valence-electron chi connectivity index (χ4n) is 1.84. The van der Waals surface area contributed by atoms with Gasteiger partial charge in [-0.2, -0.15) is 0 Å². The van der Waals surface area contributed by atoms with E-state index in [0.717, 1.165) is 6.07 Å². The van der Waals surface area contributed by atoms with E-state index < -0.39 is 28.8 Å². The fraction of sp³-hybridized carbons (Fsp3) is 0.133. The molecule has 0 heterocycles. The second kappa shape index (κ2) is 5.77. The predicted molar refractivity (Wildman–Crippen MR) is 67.3 cm³/mol. The number of carbonyl (C=O) groups excluding carboxylic acids is 1. The molecule has 0 fully saturated rings. The first-order chi connectivity index (χ1) is 9.54. The van der Waals surface area contributed by atoms with Crippen LogP contribution in [0.2, 0.25) is 0 Å². The quantitative estimate of drug-likeness (QED) is 0.801. The van der Waals surface area contributed by atoms with Crippen LogP contribution in [0, 0.1) is 17.5 Å². The number of ketones is 1. The smallest absolute Gasteiger partial charge is 0.170 e. The Bertz CT molecular complexity index is 654. The fourth-order valence-corrected chi connectivity index (χ4v) is 1.84. The van der Waals surface area contributed by atoms with Crippen molar-refractivity contribution < 1.29 is 22.7 Å². The second-order valence-electron chi connectivity index (χ2n) is 4.13. The number of Topliss-reactive ketones (excluding diaryl/α,β-unsaturated/α-hetero) is 1. The minimum atomic E-state index is -1.22. The Labute approximate surface area is 113 Å². The molecule has 104 valence electrons. The third kappa shape index (κ3) is 2.66. The molecule has 0 amide bonds. The molecule has 20 heavy (non-hydrogen) atoms. The number of ether oxygens (including phenoxy) is 1. The van der Waals surface area contributed by atoms with Gasteiger partial charge in [0, 0.05) is 6.42 Å². The van der Waals surface area contributed by atoms with Crippen LogP contribution in [-0.2, 0) is 6.42 Å². The molecule has 0 aliphatic rings. The average Bonchev–Trinajstić information content (AvgIpc) is 2.44. The SMILES string of the molecule is COc1cccc(CC(=O)c2cccc(F)c2F)c1F. The Morgan fingerprint density at radius 2 is 1.75 bits per heavy atom. The number of benzene rings is 2. The van der Waals surface area contributed by atoms with E-state index >= 15 is 0 Å². The van der Waals surface area contributed by atoms with Gasteiger partial charge in [-0.15, -0.1) is 0 Å². The van der Waals surface area contributed by atoms with Crippen LogP contribution in [0.4, 0.5) is 13.2 Å². The normalized spacial score (nSPS) is 10.4. The summed E-state index contributed by atoms with van der Waals surface area (Å²) in [4.78, 5) is 11.9. The van der Waals surface area contributed by atoms with Crippen LogP contribution in [0.3, 0.4) is 0 Å². The third-order valence-electron chi connectivity index (χ3n) is 2.87. The van der Waals surface area contributed by atoms with Crippen LogP contribution < -0.4 is 4.74 Å². The Morgan fingerprint density at radius 1 is 1.05 bits per heavy atom. The van der Waals surface area contributed by atoms with Gasteiger partial charge in [-0.1, -0.05) is 18.2 Å². The lowest BCUT2D eigenvalue weighted by Crippen LogP contribution is -2.09. The summed E-state index contributed by atoms with van der Waals surface area (Å²) in [6, 6.07) is 7.64. The molecule has 0 spiro atoms. The Morgan fingerprint density at radius 3 is 2.45 bits per heavy atom. The lowest BCUT2D eigenvalue weighted by atomic mass is 10.0. The Hall–Kier alpha value is -2.30. The molecule has 2 aromatic carbocycles. The maximum Gasteiger partial charge on any atom is 0.170 e. The summed E-state index contributed by atoms with van der Waals surface area (Å²) < 4.78 is 45.2. The molecule has 2 rings (SSSR count). The highest BCUT2D eigenvalue weighted by atomic mass is 19.2. The van der Waals surface area contributed by atoms with Crippen LogP contribution in [0.15, 0.2) is 36.4 Å². The molecule has 0 unspecified atom stereocenters. The number of halogens is 3. The van der Waals surface area contributed by atoms with E-state index in [9.17, 15) is 18.0 Å². The molecule has 0 bridgehead atoms. The van der Waals surface area contributed by atoms with Crippen LogP contribution in [-0.4, -0.2) is 12.9 Å². The largest absolute Gasteiger partial charge is 0.494 e. The van der Waals surface area contributed by atoms with Crippen LogP contribution >= 0.6 is 0 Å². The van der Waals surface area contributed by atoms with E-state index in [1.165, 1.54) is 37.4 Å².